The van der Waals surface area contributed by atoms with E-state index in [2.05, 4.69) is 10.1 Å². The molecule has 0 saturated carbocycles. The normalized spacial score (nSPS) is 12.3. The average molecular weight is 266 g/mol. The molecule has 2 aromatic rings. The first-order valence-corrected chi connectivity index (χ1v) is 5.93. The second-order valence-corrected chi connectivity index (χ2v) is 4.27. The maximum atomic E-state index is 12.3. The lowest BCUT2D eigenvalue weighted by Gasteiger charge is -2.12. The third-order valence-corrected chi connectivity index (χ3v) is 2.94. The minimum absolute atomic E-state index is 0.150. The van der Waals surface area contributed by atoms with Crippen molar-refractivity contribution in [2.75, 3.05) is 0 Å². The molecule has 0 aliphatic carbocycles. The fraction of sp³-hybridized carbons (Fsp3) is 0.250. The smallest absolute Gasteiger partial charge is 0.295 e. The summed E-state index contributed by atoms with van der Waals surface area (Å²) in [5.41, 5.74) is 0.130. The summed E-state index contributed by atoms with van der Waals surface area (Å²) in [5.74, 6) is -0.150. The summed E-state index contributed by atoms with van der Waals surface area (Å²) < 4.78 is 1.16. The highest BCUT2D eigenvalue weighted by molar-refractivity contribution is 6.30. The number of halogens is 1. The van der Waals surface area contributed by atoms with Crippen molar-refractivity contribution in [2.24, 2.45) is 0 Å². The third-order valence-electron chi connectivity index (χ3n) is 2.69. The number of rotatable bonds is 4. The van der Waals surface area contributed by atoms with Crippen LogP contribution in [0.3, 0.4) is 0 Å². The van der Waals surface area contributed by atoms with Crippen LogP contribution >= 0.6 is 11.6 Å². The average Bonchev–Trinajstić information content (AvgIpc) is 2.78. The molecule has 0 fully saturated rings. The van der Waals surface area contributed by atoms with Crippen LogP contribution in [0, 0.1) is 0 Å². The predicted molar refractivity (Wildman–Crippen MR) is 68.0 cm³/mol. The van der Waals surface area contributed by atoms with Crippen LogP contribution in [0.25, 0.3) is 0 Å². The molecule has 0 aliphatic heterocycles. The van der Waals surface area contributed by atoms with Crippen molar-refractivity contribution in [3.63, 3.8) is 0 Å². The van der Waals surface area contributed by atoms with Gasteiger partial charge in [-0.15, -0.1) is 0 Å². The number of aromatic nitrogens is 3. The molecule has 0 radical (unpaired) electrons. The van der Waals surface area contributed by atoms with Gasteiger partial charge in [-0.1, -0.05) is 18.5 Å². The van der Waals surface area contributed by atoms with E-state index in [0.717, 1.165) is 4.68 Å². The SMILES string of the molecule is CCC(C(=O)c1ccc(Cl)cc1)n1nc[nH]c1=O. The van der Waals surface area contributed by atoms with E-state index in [1.807, 2.05) is 6.92 Å². The van der Waals surface area contributed by atoms with Gasteiger partial charge in [-0.3, -0.25) is 9.78 Å². The molecule has 1 unspecified atom stereocenters. The Labute approximate surface area is 108 Å². The number of nitrogens with one attached hydrogen (secondary N) is 1. The van der Waals surface area contributed by atoms with Gasteiger partial charge < -0.3 is 0 Å². The number of benzene rings is 1. The van der Waals surface area contributed by atoms with Crippen molar-refractivity contribution in [1.82, 2.24) is 14.8 Å². The molecule has 94 valence electrons. The number of hydrogen-bond donors (Lipinski definition) is 1. The molecule has 1 aromatic carbocycles. The predicted octanol–water partition coefficient (Wildman–Crippen LogP) is 2.06. The van der Waals surface area contributed by atoms with Gasteiger partial charge in [0, 0.05) is 10.6 Å². The van der Waals surface area contributed by atoms with Crippen LogP contribution in [-0.4, -0.2) is 20.5 Å². The fourth-order valence-corrected chi connectivity index (χ4v) is 1.89. The first-order valence-electron chi connectivity index (χ1n) is 5.55. The van der Waals surface area contributed by atoms with Crippen molar-refractivity contribution in [2.45, 2.75) is 19.4 Å². The molecular weight excluding hydrogens is 254 g/mol. The summed E-state index contributed by atoms with van der Waals surface area (Å²) in [6, 6.07) is 5.99. The molecular formula is C12H12ClN3O2. The van der Waals surface area contributed by atoms with Gasteiger partial charge in [-0.05, 0) is 30.7 Å². The fourth-order valence-electron chi connectivity index (χ4n) is 1.76. The van der Waals surface area contributed by atoms with E-state index in [9.17, 15) is 9.59 Å². The lowest BCUT2D eigenvalue weighted by molar-refractivity contribution is 0.0912. The van der Waals surface area contributed by atoms with Gasteiger partial charge >= 0.3 is 5.69 Å². The molecule has 0 amide bonds. The second-order valence-electron chi connectivity index (χ2n) is 3.83. The van der Waals surface area contributed by atoms with Crippen LogP contribution in [0.1, 0.15) is 29.7 Å². The number of carbonyl (C=O) groups excluding carboxylic acids is 1. The zero-order valence-corrected chi connectivity index (χ0v) is 10.5. The van der Waals surface area contributed by atoms with E-state index >= 15 is 0 Å². The third kappa shape index (κ3) is 2.36. The minimum atomic E-state index is -0.593. The number of aromatic amines is 1. The molecule has 6 heteroatoms. The van der Waals surface area contributed by atoms with Crippen LogP contribution in [0.15, 0.2) is 35.4 Å². The molecule has 0 bridgehead atoms. The Bertz CT molecular complexity index is 600. The minimum Gasteiger partial charge on any atom is -0.295 e. The van der Waals surface area contributed by atoms with Gasteiger partial charge in [0.1, 0.15) is 12.4 Å². The first kappa shape index (κ1) is 12.6. The molecule has 1 N–H and O–H groups in total. The van der Waals surface area contributed by atoms with E-state index in [1.54, 1.807) is 24.3 Å². The number of hydrogen-bond acceptors (Lipinski definition) is 3. The molecule has 1 aromatic heterocycles. The van der Waals surface area contributed by atoms with E-state index in [4.69, 9.17) is 11.6 Å². The van der Waals surface area contributed by atoms with Crippen LogP contribution in [0.2, 0.25) is 5.02 Å². The van der Waals surface area contributed by atoms with Gasteiger partial charge in [0.25, 0.3) is 0 Å². The van der Waals surface area contributed by atoms with E-state index in [-0.39, 0.29) is 11.5 Å². The van der Waals surface area contributed by atoms with Crippen LogP contribution in [0.4, 0.5) is 0 Å². The number of Topliss-reactive ketones (excluding diaryl/α,β-unsaturated/α-hetero) is 1. The maximum Gasteiger partial charge on any atom is 0.343 e. The van der Waals surface area contributed by atoms with E-state index < -0.39 is 6.04 Å². The highest BCUT2D eigenvalue weighted by Crippen LogP contribution is 2.17. The van der Waals surface area contributed by atoms with Gasteiger partial charge in [-0.2, -0.15) is 5.10 Å². The summed E-state index contributed by atoms with van der Waals surface area (Å²) in [7, 11) is 0. The topological polar surface area (TPSA) is 67.8 Å². The highest BCUT2D eigenvalue weighted by atomic mass is 35.5. The molecule has 2 rings (SSSR count). The Morgan fingerprint density at radius 3 is 2.61 bits per heavy atom. The molecule has 0 spiro atoms. The Kier molecular flexibility index (Phi) is 3.62. The van der Waals surface area contributed by atoms with Crippen LogP contribution in [0.5, 0.6) is 0 Å². The Morgan fingerprint density at radius 2 is 2.11 bits per heavy atom. The zero-order valence-electron chi connectivity index (χ0n) is 9.76. The van der Waals surface area contributed by atoms with Crippen LogP contribution in [-0.2, 0) is 0 Å². The van der Waals surface area contributed by atoms with Crippen LogP contribution < -0.4 is 5.69 Å². The zero-order chi connectivity index (χ0) is 13.1. The molecule has 18 heavy (non-hydrogen) atoms. The standard InChI is InChI=1S/C12H12ClN3O2/c1-2-10(16-12(18)14-7-15-16)11(17)8-3-5-9(13)6-4-8/h3-7,10H,2H2,1H3,(H,14,15,18). The van der Waals surface area contributed by atoms with Gasteiger partial charge in [-0.25, -0.2) is 9.48 Å². The maximum absolute atomic E-state index is 12.3. The van der Waals surface area contributed by atoms with Gasteiger partial charge in [0.15, 0.2) is 5.78 Å². The quantitative estimate of drug-likeness (QED) is 0.861. The first-order chi connectivity index (χ1) is 8.63. The summed E-state index contributed by atoms with van der Waals surface area (Å²) >= 11 is 5.77. The van der Waals surface area contributed by atoms with E-state index in [0.29, 0.717) is 17.0 Å². The van der Waals surface area contributed by atoms with E-state index in [1.165, 1.54) is 6.33 Å². The Balaban J connectivity index is 2.34. The molecule has 5 nitrogen and oxygen atoms in total. The van der Waals surface area contributed by atoms with Gasteiger partial charge in [0.2, 0.25) is 0 Å². The van der Waals surface area contributed by atoms with Crippen molar-refractivity contribution in [3.05, 3.63) is 51.7 Å². The van der Waals surface area contributed by atoms with Crippen molar-refractivity contribution < 1.29 is 4.79 Å². The number of H-pyrrole nitrogens is 1. The summed E-state index contributed by atoms with van der Waals surface area (Å²) in [5, 5.41) is 4.42. The Morgan fingerprint density at radius 1 is 1.44 bits per heavy atom. The molecule has 1 heterocycles. The summed E-state index contributed by atoms with van der Waals surface area (Å²) in [6.45, 7) is 1.83. The number of carbonyl (C=O) groups is 1. The lowest BCUT2D eigenvalue weighted by atomic mass is 10.0. The largest absolute Gasteiger partial charge is 0.343 e. The van der Waals surface area contributed by atoms with Crippen molar-refractivity contribution in [3.8, 4) is 0 Å². The molecule has 1 atom stereocenters. The van der Waals surface area contributed by atoms with Gasteiger partial charge in [0.05, 0.1) is 0 Å². The summed E-state index contributed by atoms with van der Waals surface area (Å²) in [4.78, 5) is 26.2. The van der Waals surface area contributed by atoms with Crippen molar-refractivity contribution in [1.29, 1.82) is 0 Å². The highest BCUT2D eigenvalue weighted by Gasteiger charge is 2.22. The Hall–Kier alpha value is -1.88. The van der Waals surface area contributed by atoms with Crippen molar-refractivity contribution >= 4 is 17.4 Å². The number of nitrogens with zero attached hydrogens (tertiary/aromatic N) is 2. The molecule has 0 aliphatic rings. The summed E-state index contributed by atoms with van der Waals surface area (Å²) in [6.07, 6.45) is 1.77. The number of ketones is 1. The lowest BCUT2D eigenvalue weighted by Crippen LogP contribution is -2.29. The molecule has 0 saturated heterocycles. The second kappa shape index (κ2) is 5.18. The monoisotopic (exact) mass is 265 g/mol.